The second-order valence-electron chi connectivity index (χ2n) is 6.87. The summed E-state index contributed by atoms with van der Waals surface area (Å²) in [4.78, 5) is 23.5. The van der Waals surface area contributed by atoms with Crippen LogP contribution in [0.1, 0.15) is 42.0 Å². The van der Waals surface area contributed by atoms with E-state index in [9.17, 15) is 14.7 Å². The van der Waals surface area contributed by atoms with Crippen LogP contribution < -0.4 is 15.2 Å². The van der Waals surface area contributed by atoms with Crippen molar-refractivity contribution < 1.29 is 19.4 Å². The molecule has 2 rings (SSSR count). The number of carbonyl (C=O) groups excluding carboxylic acids is 2. The number of hydrogen-bond acceptors (Lipinski definition) is 4. The fraction of sp³-hybridized carbons (Fsp3) is 0.273. The van der Waals surface area contributed by atoms with Crippen molar-refractivity contribution in [3.63, 3.8) is 0 Å². The van der Waals surface area contributed by atoms with Crippen LogP contribution in [-0.4, -0.2) is 18.5 Å². The van der Waals surface area contributed by atoms with Gasteiger partial charge in [-0.05, 0) is 60.2 Å². The van der Waals surface area contributed by atoms with Crippen molar-refractivity contribution in [3.05, 3.63) is 69.4 Å². The Kier molecular flexibility index (Phi) is 7.24. The van der Waals surface area contributed by atoms with Crippen LogP contribution in [0.3, 0.4) is 0 Å². The highest BCUT2D eigenvalue weighted by Crippen LogP contribution is 2.25. The van der Waals surface area contributed by atoms with Gasteiger partial charge in [-0.1, -0.05) is 49.7 Å². The van der Waals surface area contributed by atoms with Gasteiger partial charge in [0.2, 0.25) is 0 Å². The van der Waals surface area contributed by atoms with Crippen LogP contribution in [0.2, 0.25) is 5.02 Å². The highest BCUT2D eigenvalue weighted by Gasteiger charge is 2.09. The number of benzene rings is 2. The molecule has 6 heteroatoms. The van der Waals surface area contributed by atoms with Gasteiger partial charge in [-0.25, -0.2) is 0 Å². The predicted octanol–water partition coefficient (Wildman–Crippen LogP) is 3.37. The Hall–Kier alpha value is -2.79. The van der Waals surface area contributed by atoms with Crippen LogP contribution >= 0.6 is 11.6 Å². The largest absolute Gasteiger partial charge is 0.543 e. The van der Waals surface area contributed by atoms with Crippen LogP contribution in [0.25, 0.3) is 6.08 Å². The van der Waals surface area contributed by atoms with Gasteiger partial charge in [-0.3, -0.25) is 4.79 Å². The molecule has 0 unspecified atom stereocenters. The Labute approximate surface area is 170 Å². The second kappa shape index (κ2) is 9.42. The summed E-state index contributed by atoms with van der Waals surface area (Å²) >= 11 is 6.11. The average Bonchev–Trinajstić information content (AvgIpc) is 2.64. The topological polar surface area (TPSA) is 78.5 Å². The zero-order chi connectivity index (χ0) is 20.8. The summed E-state index contributed by atoms with van der Waals surface area (Å²) in [6.07, 6.45) is 1.36. The first-order valence-corrected chi connectivity index (χ1v) is 9.27. The highest BCUT2D eigenvalue weighted by atomic mass is 35.5. The van der Waals surface area contributed by atoms with E-state index in [0.29, 0.717) is 22.3 Å². The molecule has 1 N–H and O–H groups in total. The van der Waals surface area contributed by atoms with Crippen molar-refractivity contribution in [2.24, 2.45) is 0 Å². The summed E-state index contributed by atoms with van der Waals surface area (Å²) in [6, 6.07) is 10.8. The predicted molar refractivity (Wildman–Crippen MR) is 108 cm³/mol. The van der Waals surface area contributed by atoms with Crippen molar-refractivity contribution in [1.29, 1.82) is 0 Å². The zero-order valence-electron chi connectivity index (χ0n) is 16.3. The maximum absolute atomic E-state index is 12.1. The van der Waals surface area contributed by atoms with Crippen molar-refractivity contribution in [2.75, 3.05) is 6.61 Å². The Balaban J connectivity index is 2.05. The Morgan fingerprint density at radius 1 is 1.14 bits per heavy atom. The summed E-state index contributed by atoms with van der Waals surface area (Å²) in [5, 5.41) is 14.3. The first-order chi connectivity index (χ1) is 13.2. The summed E-state index contributed by atoms with van der Waals surface area (Å²) < 4.78 is 5.45. The molecule has 0 saturated heterocycles. The van der Waals surface area contributed by atoms with E-state index in [1.54, 1.807) is 24.3 Å². The summed E-state index contributed by atoms with van der Waals surface area (Å²) in [7, 11) is 0. The van der Waals surface area contributed by atoms with Gasteiger partial charge in [0.1, 0.15) is 5.75 Å². The Bertz CT molecular complexity index is 878. The van der Waals surface area contributed by atoms with E-state index in [1.165, 1.54) is 6.08 Å². The molecule has 0 aliphatic carbocycles. The first kappa shape index (κ1) is 21.5. The molecule has 0 atom stereocenters. The van der Waals surface area contributed by atoms with Crippen molar-refractivity contribution in [3.8, 4) is 5.75 Å². The Morgan fingerprint density at radius 2 is 1.71 bits per heavy atom. The fourth-order valence-electron chi connectivity index (χ4n) is 2.61. The van der Waals surface area contributed by atoms with E-state index in [-0.39, 0.29) is 12.3 Å². The van der Waals surface area contributed by atoms with Crippen molar-refractivity contribution >= 4 is 29.6 Å². The monoisotopic (exact) mass is 400 g/mol. The molecule has 2 aromatic rings. The lowest BCUT2D eigenvalue weighted by Gasteiger charge is -2.13. The zero-order valence-corrected chi connectivity index (χ0v) is 17.1. The van der Waals surface area contributed by atoms with Gasteiger partial charge in [0.25, 0.3) is 5.91 Å². The minimum absolute atomic E-state index is 0.325. The molecule has 0 heterocycles. The molecule has 1 amide bonds. The fourth-order valence-corrected chi connectivity index (χ4v) is 2.72. The molecule has 0 bridgehead atoms. The average molecular weight is 401 g/mol. The van der Waals surface area contributed by atoms with Gasteiger partial charge in [0.05, 0.1) is 11.7 Å². The van der Waals surface area contributed by atoms with E-state index < -0.39 is 11.9 Å². The van der Waals surface area contributed by atoms with E-state index in [4.69, 9.17) is 16.3 Å². The van der Waals surface area contributed by atoms with E-state index >= 15 is 0 Å². The lowest BCUT2D eigenvalue weighted by atomic mass is 10.0. The molecule has 0 aliphatic heterocycles. The lowest BCUT2D eigenvalue weighted by Crippen LogP contribution is -2.37. The Morgan fingerprint density at radius 3 is 2.21 bits per heavy atom. The maximum atomic E-state index is 12.1. The SMILES string of the molecule is Cc1cc(OCC(=O)N/C(=C/c2ccc(C(C)C)cc2)C(=O)[O-])cc(C)c1Cl. The number of carboxylic acids is 1. The number of halogens is 1. The third-order valence-corrected chi connectivity index (χ3v) is 4.78. The number of amides is 1. The van der Waals surface area contributed by atoms with Gasteiger partial charge >= 0.3 is 0 Å². The highest BCUT2D eigenvalue weighted by molar-refractivity contribution is 6.32. The van der Waals surface area contributed by atoms with E-state index in [0.717, 1.165) is 16.7 Å². The molecule has 0 spiro atoms. The third kappa shape index (κ3) is 5.86. The van der Waals surface area contributed by atoms with Crippen LogP contribution in [0, 0.1) is 13.8 Å². The standard InChI is InChI=1S/C22H24ClNO4/c1-13(2)17-7-5-16(6-8-17)11-19(22(26)27)24-20(25)12-28-18-9-14(3)21(23)15(4)10-18/h5-11,13H,12H2,1-4H3,(H,24,25)(H,26,27)/p-1/b19-11+. The first-order valence-electron chi connectivity index (χ1n) is 8.89. The maximum Gasteiger partial charge on any atom is 0.262 e. The summed E-state index contributed by atoms with van der Waals surface area (Å²) in [5.41, 5.74) is 3.12. The van der Waals surface area contributed by atoms with Crippen LogP contribution in [0.15, 0.2) is 42.1 Å². The lowest BCUT2D eigenvalue weighted by molar-refractivity contribution is -0.299. The molecule has 2 aromatic carbocycles. The molecule has 0 aliphatic rings. The third-order valence-electron chi connectivity index (χ3n) is 4.19. The quantitative estimate of drug-likeness (QED) is 0.723. The van der Waals surface area contributed by atoms with Crippen LogP contribution in [0.4, 0.5) is 0 Å². The second-order valence-corrected chi connectivity index (χ2v) is 7.25. The number of nitrogens with one attached hydrogen (secondary N) is 1. The number of carboxylic acid groups (broad SMARTS) is 1. The number of ether oxygens (including phenoxy) is 1. The molecule has 148 valence electrons. The molecule has 0 radical (unpaired) electrons. The number of hydrogen-bond donors (Lipinski definition) is 1. The minimum atomic E-state index is -1.47. The molecular weight excluding hydrogens is 378 g/mol. The molecule has 0 aromatic heterocycles. The summed E-state index contributed by atoms with van der Waals surface area (Å²) in [5.74, 6) is -1.22. The number of aliphatic carboxylic acids is 1. The number of carbonyl (C=O) groups is 2. The normalized spacial score (nSPS) is 11.4. The van der Waals surface area contributed by atoms with Crippen LogP contribution in [-0.2, 0) is 9.59 Å². The van der Waals surface area contributed by atoms with Gasteiger partial charge in [0.15, 0.2) is 6.61 Å². The van der Waals surface area contributed by atoms with Gasteiger partial charge in [-0.15, -0.1) is 0 Å². The van der Waals surface area contributed by atoms with Gasteiger partial charge < -0.3 is 20.0 Å². The summed E-state index contributed by atoms with van der Waals surface area (Å²) in [6.45, 7) is 7.48. The van der Waals surface area contributed by atoms with E-state index in [1.807, 2.05) is 26.0 Å². The molecule has 28 heavy (non-hydrogen) atoms. The molecule has 5 nitrogen and oxygen atoms in total. The van der Waals surface area contributed by atoms with Crippen LogP contribution in [0.5, 0.6) is 5.75 Å². The molecule has 0 saturated carbocycles. The number of aryl methyl sites for hydroxylation is 2. The number of rotatable bonds is 7. The van der Waals surface area contributed by atoms with Crippen molar-refractivity contribution in [1.82, 2.24) is 5.32 Å². The van der Waals surface area contributed by atoms with Gasteiger partial charge in [-0.2, -0.15) is 0 Å². The molecule has 0 fully saturated rings. The molecular formula is C22H23ClNO4-. The minimum Gasteiger partial charge on any atom is -0.543 e. The van der Waals surface area contributed by atoms with E-state index in [2.05, 4.69) is 19.2 Å². The van der Waals surface area contributed by atoms with Crippen molar-refractivity contribution in [2.45, 2.75) is 33.6 Å². The smallest absolute Gasteiger partial charge is 0.262 e. The van der Waals surface area contributed by atoms with Gasteiger partial charge in [0, 0.05) is 5.02 Å².